The second-order valence-electron chi connectivity index (χ2n) is 5.77. The van der Waals surface area contributed by atoms with E-state index in [0.29, 0.717) is 18.7 Å². The highest BCUT2D eigenvalue weighted by Crippen LogP contribution is 2.22. The zero-order chi connectivity index (χ0) is 17.8. The molecule has 0 spiro atoms. The van der Waals surface area contributed by atoms with Crippen LogP contribution in [-0.2, 0) is 4.79 Å². The lowest BCUT2D eigenvalue weighted by Gasteiger charge is -2.08. The van der Waals surface area contributed by atoms with Crippen LogP contribution >= 0.6 is 0 Å². The van der Waals surface area contributed by atoms with Gasteiger partial charge in [0.05, 0.1) is 11.0 Å². The van der Waals surface area contributed by atoms with Crippen molar-refractivity contribution in [1.82, 2.24) is 20.2 Å². The van der Waals surface area contributed by atoms with Gasteiger partial charge in [0.1, 0.15) is 5.82 Å². The second kappa shape index (κ2) is 7.17. The zero-order valence-electron chi connectivity index (χ0n) is 14.2. The van der Waals surface area contributed by atoms with E-state index in [1.807, 2.05) is 43.3 Å². The predicted octanol–water partition coefficient (Wildman–Crippen LogP) is 2.20. The van der Waals surface area contributed by atoms with E-state index in [-0.39, 0.29) is 11.8 Å². The summed E-state index contributed by atoms with van der Waals surface area (Å²) in [6.07, 6.45) is 0. The van der Waals surface area contributed by atoms with Crippen LogP contribution in [0.1, 0.15) is 23.1 Å². The Labute approximate surface area is 145 Å². The van der Waals surface area contributed by atoms with Gasteiger partial charge >= 0.3 is 0 Å². The van der Waals surface area contributed by atoms with E-state index in [4.69, 9.17) is 0 Å². The maximum Gasteiger partial charge on any atom is 0.251 e. The topological polar surface area (TPSA) is 76.0 Å². The number of aromatic nitrogens is 2. The number of hydrogen-bond donors (Lipinski definition) is 2. The van der Waals surface area contributed by atoms with Crippen LogP contribution in [0, 0.1) is 6.92 Å². The normalized spacial score (nSPS) is 10.6. The Bertz CT molecular complexity index is 916. The van der Waals surface area contributed by atoms with Gasteiger partial charge < -0.3 is 10.6 Å². The van der Waals surface area contributed by atoms with Gasteiger partial charge in [-0.3, -0.25) is 14.2 Å². The van der Waals surface area contributed by atoms with Crippen molar-refractivity contribution in [2.75, 3.05) is 13.1 Å². The average molecular weight is 336 g/mol. The summed E-state index contributed by atoms with van der Waals surface area (Å²) >= 11 is 0. The molecule has 2 N–H and O–H groups in total. The number of hydrogen-bond acceptors (Lipinski definition) is 3. The minimum atomic E-state index is -0.181. The van der Waals surface area contributed by atoms with Crippen molar-refractivity contribution in [3.05, 3.63) is 59.9 Å². The summed E-state index contributed by atoms with van der Waals surface area (Å²) in [6.45, 7) is 4.18. The molecule has 6 heteroatoms. The van der Waals surface area contributed by atoms with Crippen molar-refractivity contribution in [1.29, 1.82) is 0 Å². The number of rotatable bonds is 5. The van der Waals surface area contributed by atoms with Crippen molar-refractivity contribution in [3.8, 4) is 5.69 Å². The molecule has 3 rings (SSSR count). The molecule has 0 aliphatic rings. The number of aryl methyl sites for hydroxylation is 1. The van der Waals surface area contributed by atoms with Crippen LogP contribution in [-0.4, -0.2) is 34.5 Å². The highest BCUT2D eigenvalue weighted by atomic mass is 16.2. The third-order valence-corrected chi connectivity index (χ3v) is 3.88. The maximum atomic E-state index is 12.2. The van der Waals surface area contributed by atoms with E-state index in [1.54, 1.807) is 12.1 Å². The first-order valence-corrected chi connectivity index (χ1v) is 8.13. The van der Waals surface area contributed by atoms with E-state index >= 15 is 0 Å². The molecule has 6 nitrogen and oxygen atoms in total. The summed E-state index contributed by atoms with van der Waals surface area (Å²) in [5.74, 6) is 0.571. The van der Waals surface area contributed by atoms with Gasteiger partial charge in [-0.25, -0.2) is 4.98 Å². The second-order valence-corrected chi connectivity index (χ2v) is 5.77. The van der Waals surface area contributed by atoms with E-state index in [1.165, 1.54) is 6.92 Å². The highest BCUT2D eigenvalue weighted by Gasteiger charge is 2.12. The average Bonchev–Trinajstić information content (AvgIpc) is 2.94. The number of fused-ring (bicyclic) bond motifs is 1. The molecule has 0 saturated heterocycles. The van der Waals surface area contributed by atoms with Gasteiger partial charge in [0.25, 0.3) is 5.91 Å². The van der Waals surface area contributed by atoms with Gasteiger partial charge in [-0.05, 0) is 37.3 Å². The number of para-hydroxylation sites is 1. The molecule has 0 aliphatic heterocycles. The molecule has 0 unspecified atom stereocenters. The van der Waals surface area contributed by atoms with Crippen LogP contribution in [0.25, 0.3) is 16.7 Å². The number of imidazole rings is 1. The summed E-state index contributed by atoms with van der Waals surface area (Å²) in [6, 6.07) is 15.5. The number of carbonyl (C=O) groups excluding carboxylic acids is 2. The van der Waals surface area contributed by atoms with Crippen molar-refractivity contribution in [2.24, 2.45) is 0 Å². The number of nitrogens with one attached hydrogen (secondary N) is 2. The minimum Gasteiger partial charge on any atom is -0.355 e. The lowest BCUT2D eigenvalue weighted by atomic mass is 10.2. The van der Waals surface area contributed by atoms with Gasteiger partial charge in [-0.1, -0.05) is 18.2 Å². The van der Waals surface area contributed by atoms with Crippen molar-refractivity contribution < 1.29 is 9.59 Å². The van der Waals surface area contributed by atoms with Gasteiger partial charge in [-0.15, -0.1) is 0 Å². The van der Waals surface area contributed by atoms with Crippen LogP contribution in [0.3, 0.4) is 0 Å². The Kier molecular flexibility index (Phi) is 4.79. The van der Waals surface area contributed by atoms with Gasteiger partial charge in [0.2, 0.25) is 5.91 Å². The lowest BCUT2D eigenvalue weighted by Crippen LogP contribution is -2.33. The molecule has 2 amide bonds. The largest absolute Gasteiger partial charge is 0.355 e. The Balaban J connectivity index is 1.82. The molecule has 3 aromatic rings. The van der Waals surface area contributed by atoms with Gasteiger partial charge in [0, 0.05) is 31.3 Å². The fourth-order valence-electron chi connectivity index (χ4n) is 2.76. The molecule has 1 heterocycles. The molecule has 0 aliphatic carbocycles. The summed E-state index contributed by atoms with van der Waals surface area (Å²) < 4.78 is 2.06. The first kappa shape index (κ1) is 16.7. The number of benzene rings is 2. The quantitative estimate of drug-likeness (QED) is 0.701. The maximum absolute atomic E-state index is 12.2. The summed E-state index contributed by atoms with van der Waals surface area (Å²) in [4.78, 5) is 27.6. The summed E-state index contributed by atoms with van der Waals surface area (Å²) in [7, 11) is 0. The zero-order valence-corrected chi connectivity index (χ0v) is 14.2. The Morgan fingerprint density at radius 1 is 1.04 bits per heavy atom. The molecule has 2 aromatic carbocycles. The molecule has 0 atom stereocenters. The van der Waals surface area contributed by atoms with Crippen molar-refractivity contribution in [2.45, 2.75) is 13.8 Å². The minimum absolute atomic E-state index is 0.113. The van der Waals surface area contributed by atoms with Crippen LogP contribution in [0.2, 0.25) is 0 Å². The van der Waals surface area contributed by atoms with Crippen LogP contribution in [0.4, 0.5) is 0 Å². The first-order chi connectivity index (χ1) is 12.1. The van der Waals surface area contributed by atoms with E-state index < -0.39 is 0 Å². The summed E-state index contributed by atoms with van der Waals surface area (Å²) in [5, 5.41) is 5.43. The Morgan fingerprint density at radius 3 is 2.48 bits per heavy atom. The van der Waals surface area contributed by atoms with E-state index in [9.17, 15) is 9.59 Å². The molecular weight excluding hydrogens is 316 g/mol. The third kappa shape index (κ3) is 3.68. The van der Waals surface area contributed by atoms with Gasteiger partial charge in [-0.2, -0.15) is 0 Å². The monoisotopic (exact) mass is 336 g/mol. The van der Waals surface area contributed by atoms with Crippen LogP contribution < -0.4 is 10.6 Å². The highest BCUT2D eigenvalue weighted by molar-refractivity contribution is 5.97. The number of amides is 2. The van der Waals surface area contributed by atoms with Crippen LogP contribution in [0.5, 0.6) is 0 Å². The predicted molar refractivity (Wildman–Crippen MR) is 96.8 cm³/mol. The Morgan fingerprint density at radius 2 is 1.76 bits per heavy atom. The molecular formula is C19H20N4O2. The Hall–Kier alpha value is -3.15. The molecule has 0 bridgehead atoms. The molecule has 25 heavy (non-hydrogen) atoms. The molecule has 0 saturated carbocycles. The molecule has 0 fully saturated rings. The SMILES string of the molecule is CC(=O)NCCNC(=O)c1ccc2c(c1)nc(C)n2-c1ccccc1. The fourth-order valence-corrected chi connectivity index (χ4v) is 2.76. The number of carbonyl (C=O) groups is 2. The number of nitrogens with zero attached hydrogens (tertiary/aromatic N) is 2. The first-order valence-electron chi connectivity index (χ1n) is 8.13. The summed E-state index contributed by atoms with van der Waals surface area (Å²) in [5.41, 5.74) is 3.32. The molecule has 1 aromatic heterocycles. The smallest absolute Gasteiger partial charge is 0.251 e. The van der Waals surface area contributed by atoms with E-state index in [2.05, 4.69) is 20.2 Å². The lowest BCUT2D eigenvalue weighted by molar-refractivity contribution is -0.118. The van der Waals surface area contributed by atoms with Crippen molar-refractivity contribution in [3.63, 3.8) is 0 Å². The molecule has 128 valence electrons. The molecule has 0 radical (unpaired) electrons. The van der Waals surface area contributed by atoms with Crippen molar-refractivity contribution >= 4 is 22.8 Å². The third-order valence-electron chi connectivity index (χ3n) is 3.88. The fraction of sp³-hybridized carbons (Fsp3) is 0.211. The van der Waals surface area contributed by atoms with E-state index in [0.717, 1.165) is 22.5 Å². The van der Waals surface area contributed by atoms with Crippen LogP contribution in [0.15, 0.2) is 48.5 Å². The van der Waals surface area contributed by atoms with Gasteiger partial charge in [0.15, 0.2) is 0 Å². The standard InChI is InChI=1S/C19H20N4O2/c1-13-22-17-12-15(19(25)21-11-10-20-14(2)24)8-9-18(17)23(13)16-6-4-3-5-7-16/h3-9,12H,10-11H2,1-2H3,(H,20,24)(H,21,25).